The van der Waals surface area contributed by atoms with Crippen LogP contribution in [0.2, 0.25) is 0 Å². The van der Waals surface area contributed by atoms with E-state index in [-0.39, 0.29) is 0 Å². The molecule has 0 atom stereocenters. The first-order chi connectivity index (χ1) is 9.24. The van der Waals surface area contributed by atoms with E-state index in [0.29, 0.717) is 0 Å². The summed E-state index contributed by atoms with van der Waals surface area (Å²) in [5, 5.41) is 6.75. The van der Waals surface area contributed by atoms with E-state index in [4.69, 9.17) is 14.7 Å². The Hall–Kier alpha value is 0.410. The van der Waals surface area contributed by atoms with Crippen LogP contribution in [0.4, 0.5) is 0 Å². The monoisotopic (exact) mass is 333 g/mol. The number of hydrogen-bond donors (Lipinski definition) is 3. The van der Waals surface area contributed by atoms with Crippen molar-refractivity contribution >= 4 is 18.5 Å². The van der Waals surface area contributed by atoms with Gasteiger partial charge in [0, 0.05) is 0 Å². The highest BCUT2D eigenvalue weighted by Gasteiger charge is 1.68. The molecule has 0 spiro atoms. The van der Waals surface area contributed by atoms with Gasteiger partial charge in [-0.1, -0.05) is 0 Å². The lowest BCUT2D eigenvalue weighted by molar-refractivity contribution is -0.648. The van der Waals surface area contributed by atoms with Crippen LogP contribution in [-0.4, -0.2) is 39.3 Å². The van der Waals surface area contributed by atoms with Crippen LogP contribution < -0.4 is 30.6 Å². The second kappa shape index (κ2) is 27.7. The van der Waals surface area contributed by atoms with E-state index in [1.54, 1.807) is 0 Å². The summed E-state index contributed by atoms with van der Waals surface area (Å²) in [7, 11) is 0. The molecule has 6 nitrogen and oxygen atoms in total. The molecule has 20 heavy (non-hydrogen) atoms. The van der Waals surface area contributed by atoms with E-state index in [0.717, 1.165) is 0 Å². The second-order valence-corrected chi connectivity index (χ2v) is 6.00. The number of quaternary nitrogens is 3. The van der Waals surface area contributed by atoms with Gasteiger partial charge in [0.25, 0.3) is 0 Å². The van der Waals surface area contributed by atoms with Gasteiger partial charge in [0.05, 0.1) is 39.3 Å². The molecule has 8 heteroatoms. The average molecular weight is 333 g/mol. The largest absolute Gasteiger partial charge is 0.844 e. The van der Waals surface area contributed by atoms with Gasteiger partial charge in [-0.3, -0.25) is 0 Å². The summed E-state index contributed by atoms with van der Waals surface area (Å²) < 4.78 is 0. The van der Waals surface area contributed by atoms with Crippen LogP contribution in [0.5, 0.6) is 0 Å². The van der Waals surface area contributed by atoms with Crippen molar-refractivity contribution in [3.8, 4) is 0 Å². The van der Waals surface area contributed by atoms with Gasteiger partial charge in [-0.25, -0.2) is 0 Å². The molecule has 0 aromatic rings. The van der Waals surface area contributed by atoms with Crippen molar-refractivity contribution in [2.75, 3.05) is 39.3 Å². The Kier molecular flexibility index (Phi) is 39.6. The molecule has 0 bridgehead atoms. The average Bonchev–Trinajstić information content (AvgIpc) is 2.31. The molecule has 0 saturated heterocycles. The summed E-state index contributed by atoms with van der Waals surface area (Å²) in [5.74, 6) is 0. The van der Waals surface area contributed by atoms with E-state index < -0.39 is 6.72 Å². The predicted octanol–water partition coefficient (Wildman–Crippen LogP) is -3.94. The number of rotatable bonds is 6. The lowest BCUT2D eigenvalue weighted by atomic mass is 10.7. The molecular weight excluding hydrogens is 297 g/mol. The van der Waals surface area contributed by atoms with Crippen LogP contribution >= 0.6 is 6.72 Å². The van der Waals surface area contributed by atoms with E-state index in [1.807, 2.05) is 0 Å². The maximum atomic E-state index is 8.92. The van der Waals surface area contributed by atoms with Gasteiger partial charge in [0.15, 0.2) is 0 Å². The molecule has 0 aliphatic rings. The van der Waals surface area contributed by atoms with Gasteiger partial charge in [0.1, 0.15) is 0 Å². The Balaban J connectivity index is -0.0000000853. The normalized spacial score (nSPS) is 9.25. The summed E-state index contributed by atoms with van der Waals surface area (Å²) in [6.07, 6.45) is 0. The van der Waals surface area contributed by atoms with E-state index in [9.17, 15) is 0 Å². The molecule has 0 unspecified atom stereocenters. The predicted molar refractivity (Wildman–Crippen MR) is 83.3 cm³/mol. The summed E-state index contributed by atoms with van der Waals surface area (Å²) in [6.45, 7) is 15.7. The molecule has 0 aromatic carbocycles. The Morgan fingerprint density at radius 1 is 0.600 bits per heavy atom. The minimum Gasteiger partial charge on any atom is -0.844 e. The molecule has 0 fully saturated rings. The minimum atomic E-state index is -4.56. The highest BCUT2D eigenvalue weighted by molar-refractivity contribution is 8.04. The zero-order valence-electron chi connectivity index (χ0n) is 14.1. The molecule has 128 valence electrons. The maximum Gasteiger partial charge on any atom is 0.0726 e. The molecule has 0 rings (SSSR count). The first kappa shape index (κ1) is 28.6. The van der Waals surface area contributed by atoms with Crippen LogP contribution in [0.3, 0.4) is 0 Å². The smallest absolute Gasteiger partial charge is 0.0726 e. The lowest BCUT2D eigenvalue weighted by Gasteiger charge is -2.43. The second-order valence-electron chi connectivity index (χ2n) is 3.76. The van der Waals surface area contributed by atoms with Crippen LogP contribution in [0.25, 0.3) is 0 Å². The van der Waals surface area contributed by atoms with E-state index in [1.165, 1.54) is 39.3 Å². The third-order valence-corrected chi connectivity index (χ3v) is 1.73. The Labute approximate surface area is 130 Å². The molecular formula is C12H36N3O3PS. The summed E-state index contributed by atoms with van der Waals surface area (Å²) >= 11 is 3.27. The quantitative estimate of drug-likeness (QED) is 0.430. The minimum absolute atomic E-state index is 1.22. The van der Waals surface area contributed by atoms with Crippen molar-refractivity contribution in [1.29, 1.82) is 0 Å². The first-order valence-electron chi connectivity index (χ1n) is 7.42. The van der Waals surface area contributed by atoms with Crippen molar-refractivity contribution in [1.82, 2.24) is 0 Å². The standard InChI is InChI=1S/3C4H11N.H3O3PS/c3*1-3-5-4-2;1-4(2,3)5/h3*5H,3-4H2,1-2H3;(H3,1,2,3,5). The van der Waals surface area contributed by atoms with Crippen molar-refractivity contribution in [3.05, 3.63) is 0 Å². The van der Waals surface area contributed by atoms with E-state index in [2.05, 4.69) is 69.3 Å². The third kappa shape index (κ3) is 136. The van der Waals surface area contributed by atoms with Gasteiger partial charge in [-0.2, -0.15) is 11.8 Å². The molecule has 0 heterocycles. The molecule has 6 N–H and O–H groups in total. The molecule has 0 amide bonds. The lowest BCUT2D eigenvalue weighted by Crippen LogP contribution is -2.82. The van der Waals surface area contributed by atoms with Gasteiger partial charge < -0.3 is 37.3 Å². The van der Waals surface area contributed by atoms with Crippen molar-refractivity contribution in [2.45, 2.75) is 41.5 Å². The molecule has 0 aliphatic carbocycles. The van der Waals surface area contributed by atoms with Crippen LogP contribution in [0.1, 0.15) is 41.5 Å². The number of nitrogens with two attached hydrogens (primary N) is 3. The Bertz CT molecular complexity index is 155. The third-order valence-electron chi connectivity index (χ3n) is 1.73. The zero-order valence-corrected chi connectivity index (χ0v) is 15.8. The van der Waals surface area contributed by atoms with Crippen molar-refractivity contribution in [2.24, 2.45) is 0 Å². The van der Waals surface area contributed by atoms with Crippen LogP contribution in [0, 0.1) is 0 Å². The molecule has 0 radical (unpaired) electrons. The Morgan fingerprint density at radius 2 is 0.700 bits per heavy atom. The van der Waals surface area contributed by atoms with Crippen molar-refractivity contribution < 1.29 is 30.6 Å². The van der Waals surface area contributed by atoms with Crippen LogP contribution in [0.15, 0.2) is 0 Å². The Morgan fingerprint density at radius 3 is 0.700 bits per heavy atom. The number of hydrogen-bond acceptors (Lipinski definition) is 4. The van der Waals surface area contributed by atoms with Gasteiger partial charge in [-0.05, 0) is 41.5 Å². The summed E-state index contributed by atoms with van der Waals surface area (Å²) in [6, 6.07) is 0. The van der Waals surface area contributed by atoms with Gasteiger partial charge in [-0.15, -0.1) is 0 Å². The van der Waals surface area contributed by atoms with Crippen molar-refractivity contribution in [3.63, 3.8) is 0 Å². The highest BCUT2D eigenvalue weighted by Crippen LogP contribution is 2.04. The molecule has 0 aliphatic heterocycles. The SMILES string of the molecule is CC[NH2+]CC.CC[NH2+]CC.CC[NH2+]CC.[O-]P([O-])([O-])=S. The summed E-state index contributed by atoms with van der Waals surface area (Å²) in [4.78, 5) is 26.8. The van der Waals surface area contributed by atoms with E-state index >= 15 is 0 Å². The van der Waals surface area contributed by atoms with Gasteiger partial charge in [0.2, 0.25) is 0 Å². The fraction of sp³-hybridized carbons (Fsp3) is 1.00. The fourth-order valence-corrected chi connectivity index (χ4v) is 0.866. The zero-order chi connectivity index (χ0) is 16.9. The topological polar surface area (TPSA) is 119 Å². The van der Waals surface area contributed by atoms with Gasteiger partial charge >= 0.3 is 0 Å². The maximum absolute atomic E-state index is 8.92. The highest BCUT2D eigenvalue weighted by atomic mass is 32.5. The molecule has 0 saturated carbocycles. The summed E-state index contributed by atoms with van der Waals surface area (Å²) in [5.41, 5.74) is 0. The first-order valence-corrected chi connectivity index (χ1v) is 9.98. The molecule has 0 aromatic heterocycles. The van der Waals surface area contributed by atoms with Crippen LogP contribution in [-0.2, 0) is 11.8 Å². The fourth-order valence-electron chi connectivity index (χ4n) is 0.866.